The van der Waals surface area contributed by atoms with Gasteiger partial charge in [0, 0.05) is 11.8 Å². The number of ether oxygens (including phenoxy) is 1. The van der Waals surface area contributed by atoms with E-state index in [0.29, 0.717) is 6.42 Å². The quantitative estimate of drug-likeness (QED) is 0.0861. The maximum atomic E-state index is 11.0. The molecule has 2 nitrogen and oxygen atoms in total. The van der Waals surface area contributed by atoms with Gasteiger partial charge in [-0.2, -0.15) is 0 Å². The van der Waals surface area contributed by atoms with E-state index in [0.717, 1.165) is 6.42 Å². The lowest BCUT2D eigenvalue weighted by atomic mass is 10.0. The van der Waals surface area contributed by atoms with E-state index in [-0.39, 0.29) is 5.97 Å². The molecule has 0 spiro atoms. The van der Waals surface area contributed by atoms with Crippen LogP contribution in [0.15, 0.2) is 0 Å². The minimum Gasteiger partial charge on any atom is -0.469 e. The molecule has 0 bridgehead atoms. The first kappa shape index (κ1) is 27.9. The summed E-state index contributed by atoms with van der Waals surface area (Å²) in [5.41, 5.74) is 0. The number of unbranched alkanes of at least 4 members (excludes halogenated alkanes) is 20. The predicted molar refractivity (Wildman–Crippen MR) is 127 cm³/mol. The number of carbonyl (C=O) groups is 1. The second kappa shape index (κ2) is 25.0. The molecule has 0 rings (SSSR count). The highest BCUT2D eigenvalue weighted by Gasteiger charge is 1.99. The minimum atomic E-state index is -0.0631. The van der Waals surface area contributed by atoms with Gasteiger partial charge in [-0.3, -0.25) is 4.79 Å². The van der Waals surface area contributed by atoms with Gasteiger partial charge >= 0.3 is 5.97 Å². The van der Waals surface area contributed by atoms with Gasteiger partial charge in [-0.05, 0) is 12.8 Å². The third-order valence-electron chi connectivity index (χ3n) is 5.74. The first-order chi connectivity index (χ1) is 13.8. The summed E-state index contributed by atoms with van der Waals surface area (Å²) in [4.78, 5) is 11.0. The Bertz CT molecular complexity index is 307. The van der Waals surface area contributed by atoms with Gasteiger partial charge in [0.1, 0.15) is 0 Å². The molecule has 0 amide bonds. The molecule has 0 aliphatic heterocycles. The van der Waals surface area contributed by atoms with Crippen LogP contribution in [-0.2, 0) is 9.53 Å². The maximum absolute atomic E-state index is 11.0. The molecule has 0 N–H and O–H groups in total. The summed E-state index contributed by atoms with van der Waals surface area (Å²) in [6.07, 6.45) is 29.7. The number of alkyl halides is 1. The number of hydrogen-bond acceptors (Lipinski definition) is 2. The van der Waals surface area contributed by atoms with Crippen molar-refractivity contribution in [2.45, 2.75) is 141 Å². The Morgan fingerprint density at radius 1 is 0.500 bits per heavy atom. The summed E-state index contributed by atoms with van der Waals surface area (Å²) in [6, 6.07) is 0. The molecule has 0 unspecified atom stereocenters. The van der Waals surface area contributed by atoms with Crippen LogP contribution in [-0.4, -0.2) is 18.4 Å². The lowest BCUT2D eigenvalue weighted by molar-refractivity contribution is -0.140. The van der Waals surface area contributed by atoms with Crippen molar-refractivity contribution in [2.75, 3.05) is 12.4 Å². The van der Waals surface area contributed by atoms with Crippen LogP contribution in [0, 0.1) is 0 Å². The fourth-order valence-electron chi connectivity index (χ4n) is 3.82. The van der Waals surface area contributed by atoms with Gasteiger partial charge in [-0.25, -0.2) is 0 Å². The Kier molecular flexibility index (Phi) is 24.9. The zero-order valence-corrected chi connectivity index (χ0v) is 20.5. The SMILES string of the molecule is COC(=O)CCCCCCCCCCCCCCCCCCCCCCCBr. The summed E-state index contributed by atoms with van der Waals surface area (Å²) in [6.45, 7) is 0. The molecule has 0 aliphatic rings. The Labute approximate surface area is 185 Å². The summed E-state index contributed by atoms with van der Waals surface area (Å²) >= 11 is 3.50. The van der Waals surface area contributed by atoms with Crippen LogP contribution in [0.1, 0.15) is 141 Å². The number of rotatable bonds is 23. The summed E-state index contributed by atoms with van der Waals surface area (Å²) < 4.78 is 4.66. The van der Waals surface area contributed by atoms with E-state index in [1.807, 2.05) is 0 Å². The second-order valence-corrected chi connectivity index (χ2v) is 9.23. The van der Waals surface area contributed by atoms with E-state index < -0.39 is 0 Å². The monoisotopic (exact) mass is 460 g/mol. The zero-order valence-electron chi connectivity index (χ0n) is 19.0. The molecule has 0 aromatic heterocycles. The molecule has 0 radical (unpaired) electrons. The lowest BCUT2D eigenvalue weighted by Gasteiger charge is -2.04. The van der Waals surface area contributed by atoms with Gasteiger partial charge < -0.3 is 4.74 Å². The van der Waals surface area contributed by atoms with Gasteiger partial charge in [-0.15, -0.1) is 0 Å². The van der Waals surface area contributed by atoms with E-state index in [4.69, 9.17) is 0 Å². The predicted octanol–water partition coefficient (Wildman–Crippen LogP) is 9.14. The third kappa shape index (κ3) is 24.0. The number of methoxy groups -OCH3 is 1. The Morgan fingerprint density at radius 2 is 0.750 bits per heavy atom. The maximum Gasteiger partial charge on any atom is 0.305 e. The fourth-order valence-corrected chi connectivity index (χ4v) is 4.22. The van der Waals surface area contributed by atoms with E-state index in [1.165, 1.54) is 141 Å². The standard InChI is InChI=1S/C25H49BrO2/c1-28-25(27)23-21-19-17-15-13-11-9-7-5-3-2-4-6-8-10-12-14-16-18-20-22-24-26/h2-24H2,1H3. The molecule has 0 atom stereocenters. The molecule has 168 valence electrons. The van der Waals surface area contributed by atoms with Crippen LogP contribution >= 0.6 is 15.9 Å². The van der Waals surface area contributed by atoms with Crippen LogP contribution in [0.2, 0.25) is 0 Å². The molecule has 0 saturated carbocycles. The van der Waals surface area contributed by atoms with Crippen LogP contribution < -0.4 is 0 Å². The van der Waals surface area contributed by atoms with Crippen molar-refractivity contribution in [3.05, 3.63) is 0 Å². The number of halogens is 1. The number of hydrogen-bond donors (Lipinski definition) is 0. The van der Waals surface area contributed by atoms with Gasteiger partial charge in [0.25, 0.3) is 0 Å². The van der Waals surface area contributed by atoms with Gasteiger partial charge in [0.2, 0.25) is 0 Å². The molecular formula is C25H49BrO2. The molecule has 0 aliphatic carbocycles. The van der Waals surface area contributed by atoms with E-state index in [2.05, 4.69) is 20.7 Å². The van der Waals surface area contributed by atoms with Crippen LogP contribution in [0.5, 0.6) is 0 Å². The van der Waals surface area contributed by atoms with Crippen LogP contribution in [0.25, 0.3) is 0 Å². The normalized spacial score (nSPS) is 11.1. The summed E-state index contributed by atoms with van der Waals surface area (Å²) in [5.74, 6) is -0.0631. The van der Waals surface area contributed by atoms with E-state index in [9.17, 15) is 4.79 Å². The highest BCUT2D eigenvalue weighted by Crippen LogP contribution is 2.15. The van der Waals surface area contributed by atoms with Crippen molar-refractivity contribution in [3.63, 3.8) is 0 Å². The van der Waals surface area contributed by atoms with E-state index >= 15 is 0 Å². The van der Waals surface area contributed by atoms with Crippen molar-refractivity contribution in [3.8, 4) is 0 Å². The molecule has 0 aromatic rings. The topological polar surface area (TPSA) is 26.3 Å². The molecule has 3 heteroatoms. The van der Waals surface area contributed by atoms with Crippen LogP contribution in [0.4, 0.5) is 0 Å². The minimum absolute atomic E-state index is 0.0631. The third-order valence-corrected chi connectivity index (χ3v) is 6.30. The smallest absolute Gasteiger partial charge is 0.305 e. The van der Waals surface area contributed by atoms with Gasteiger partial charge in [-0.1, -0.05) is 138 Å². The highest BCUT2D eigenvalue weighted by atomic mass is 79.9. The number of carbonyl (C=O) groups excluding carboxylic acids is 1. The Balaban J connectivity index is 3.00. The molecule has 0 aromatic carbocycles. The first-order valence-corrected chi connectivity index (χ1v) is 13.6. The van der Waals surface area contributed by atoms with Crippen molar-refractivity contribution in [2.24, 2.45) is 0 Å². The van der Waals surface area contributed by atoms with Crippen molar-refractivity contribution in [1.82, 2.24) is 0 Å². The molecular weight excluding hydrogens is 412 g/mol. The summed E-state index contributed by atoms with van der Waals surface area (Å²) in [7, 11) is 1.47. The first-order valence-electron chi connectivity index (χ1n) is 12.4. The average molecular weight is 462 g/mol. The second-order valence-electron chi connectivity index (χ2n) is 8.44. The molecule has 28 heavy (non-hydrogen) atoms. The van der Waals surface area contributed by atoms with Crippen molar-refractivity contribution in [1.29, 1.82) is 0 Å². The molecule has 0 fully saturated rings. The zero-order chi connectivity index (χ0) is 20.5. The van der Waals surface area contributed by atoms with Gasteiger partial charge in [0.15, 0.2) is 0 Å². The largest absolute Gasteiger partial charge is 0.469 e. The van der Waals surface area contributed by atoms with Crippen LogP contribution in [0.3, 0.4) is 0 Å². The number of esters is 1. The van der Waals surface area contributed by atoms with E-state index in [1.54, 1.807) is 0 Å². The Hall–Kier alpha value is -0.0500. The highest BCUT2D eigenvalue weighted by molar-refractivity contribution is 9.09. The molecule has 0 saturated heterocycles. The average Bonchev–Trinajstić information content (AvgIpc) is 2.71. The molecule has 0 heterocycles. The van der Waals surface area contributed by atoms with Crippen molar-refractivity contribution >= 4 is 21.9 Å². The lowest BCUT2D eigenvalue weighted by Crippen LogP contribution is -1.99. The fraction of sp³-hybridized carbons (Fsp3) is 0.960. The summed E-state index contributed by atoms with van der Waals surface area (Å²) in [5, 5.41) is 1.17. The Morgan fingerprint density at radius 3 is 1.00 bits per heavy atom. The van der Waals surface area contributed by atoms with Crippen molar-refractivity contribution < 1.29 is 9.53 Å². The van der Waals surface area contributed by atoms with Gasteiger partial charge in [0.05, 0.1) is 7.11 Å².